The van der Waals surface area contributed by atoms with Crippen LogP contribution in [0.4, 0.5) is 5.69 Å². The number of carbonyl (C=O) groups is 1. The van der Waals surface area contributed by atoms with E-state index in [1.165, 1.54) is 7.11 Å². The van der Waals surface area contributed by atoms with Crippen molar-refractivity contribution in [3.05, 3.63) is 48.0 Å². The van der Waals surface area contributed by atoms with Crippen LogP contribution in [0.3, 0.4) is 0 Å². The summed E-state index contributed by atoms with van der Waals surface area (Å²) in [5, 5.41) is 2.86. The first-order valence-corrected chi connectivity index (χ1v) is 7.44. The fourth-order valence-corrected chi connectivity index (χ4v) is 2.08. The first-order chi connectivity index (χ1) is 11.2. The largest absolute Gasteiger partial charge is 0.493 e. The third-order valence-corrected chi connectivity index (χ3v) is 3.24. The van der Waals surface area contributed by atoms with Crippen molar-refractivity contribution in [3.63, 3.8) is 0 Å². The van der Waals surface area contributed by atoms with Gasteiger partial charge < -0.3 is 19.5 Å². The van der Waals surface area contributed by atoms with Crippen LogP contribution in [-0.4, -0.2) is 26.7 Å². The summed E-state index contributed by atoms with van der Waals surface area (Å²) in [6.07, 6.45) is 0.901. The number of para-hydroxylation sites is 2. The summed E-state index contributed by atoms with van der Waals surface area (Å²) in [5.41, 5.74) is 1.12. The van der Waals surface area contributed by atoms with Crippen molar-refractivity contribution in [1.82, 2.24) is 0 Å². The summed E-state index contributed by atoms with van der Waals surface area (Å²) in [7, 11) is 3.09. The van der Waals surface area contributed by atoms with E-state index in [1.807, 2.05) is 31.2 Å². The molecule has 2 aromatic rings. The smallest absolute Gasteiger partial charge is 0.255 e. The minimum absolute atomic E-state index is 0.237. The predicted molar refractivity (Wildman–Crippen MR) is 89.7 cm³/mol. The molecule has 0 aliphatic rings. The zero-order chi connectivity index (χ0) is 16.7. The lowest BCUT2D eigenvalue weighted by atomic mass is 10.1. The SMILES string of the molecule is CCCOc1ccccc1NC(=O)c1ccc(OC)c(OC)c1. The van der Waals surface area contributed by atoms with Crippen molar-refractivity contribution in [1.29, 1.82) is 0 Å². The second kappa shape index (κ2) is 8.08. The fourth-order valence-electron chi connectivity index (χ4n) is 2.08. The zero-order valence-corrected chi connectivity index (χ0v) is 13.6. The number of rotatable bonds is 7. The van der Waals surface area contributed by atoms with Gasteiger partial charge >= 0.3 is 0 Å². The molecule has 0 heterocycles. The van der Waals surface area contributed by atoms with Gasteiger partial charge in [0, 0.05) is 5.56 Å². The van der Waals surface area contributed by atoms with E-state index in [0.29, 0.717) is 35.1 Å². The standard InChI is InChI=1S/C18H21NO4/c1-4-11-23-15-8-6-5-7-14(15)19-18(20)13-9-10-16(21-2)17(12-13)22-3/h5-10,12H,4,11H2,1-3H3,(H,19,20). The Bertz CT molecular complexity index is 670. The maximum Gasteiger partial charge on any atom is 0.255 e. The number of methoxy groups -OCH3 is 2. The number of carbonyl (C=O) groups excluding carboxylic acids is 1. The van der Waals surface area contributed by atoms with Crippen LogP contribution in [0.1, 0.15) is 23.7 Å². The van der Waals surface area contributed by atoms with Gasteiger partial charge in [0.1, 0.15) is 5.75 Å². The van der Waals surface area contributed by atoms with E-state index >= 15 is 0 Å². The minimum Gasteiger partial charge on any atom is -0.493 e. The van der Waals surface area contributed by atoms with Gasteiger partial charge in [-0.15, -0.1) is 0 Å². The molecule has 5 heteroatoms. The minimum atomic E-state index is -0.237. The van der Waals surface area contributed by atoms with Gasteiger partial charge in [-0.05, 0) is 36.8 Å². The Morgan fingerprint density at radius 1 is 1.00 bits per heavy atom. The molecule has 122 valence electrons. The second-order valence-corrected chi connectivity index (χ2v) is 4.87. The molecule has 0 atom stereocenters. The second-order valence-electron chi connectivity index (χ2n) is 4.87. The van der Waals surface area contributed by atoms with Gasteiger partial charge in [-0.2, -0.15) is 0 Å². The summed E-state index contributed by atoms with van der Waals surface area (Å²) < 4.78 is 16.0. The number of anilines is 1. The molecule has 5 nitrogen and oxygen atoms in total. The first kappa shape index (κ1) is 16.7. The predicted octanol–water partition coefficient (Wildman–Crippen LogP) is 3.74. The maximum absolute atomic E-state index is 12.4. The van der Waals surface area contributed by atoms with Crippen molar-refractivity contribution in [2.75, 3.05) is 26.1 Å². The number of hydrogen-bond donors (Lipinski definition) is 1. The van der Waals surface area contributed by atoms with E-state index < -0.39 is 0 Å². The molecule has 2 aromatic carbocycles. The average molecular weight is 315 g/mol. The van der Waals surface area contributed by atoms with E-state index in [1.54, 1.807) is 25.3 Å². The van der Waals surface area contributed by atoms with Gasteiger partial charge in [0.25, 0.3) is 5.91 Å². The van der Waals surface area contributed by atoms with E-state index in [2.05, 4.69) is 5.32 Å². The highest BCUT2D eigenvalue weighted by Crippen LogP contribution is 2.29. The highest BCUT2D eigenvalue weighted by Gasteiger charge is 2.13. The van der Waals surface area contributed by atoms with Crippen LogP contribution in [0.2, 0.25) is 0 Å². The summed E-state index contributed by atoms with van der Waals surface area (Å²) in [6.45, 7) is 2.63. The van der Waals surface area contributed by atoms with Crippen molar-refractivity contribution in [2.24, 2.45) is 0 Å². The van der Waals surface area contributed by atoms with Crippen LogP contribution in [0, 0.1) is 0 Å². The summed E-state index contributed by atoms with van der Waals surface area (Å²) in [5.74, 6) is 1.51. The molecule has 0 radical (unpaired) electrons. The van der Waals surface area contributed by atoms with E-state index in [-0.39, 0.29) is 5.91 Å². The fraction of sp³-hybridized carbons (Fsp3) is 0.278. The molecular formula is C18H21NO4. The van der Waals surface area contributed by atoms with Gasteiger partial charge in [-0.25, -0.2) is 0 Å². The molecule has 1 amide bonds. The number of nitrogens with one attached hydrogen (secondary N) is 1. The molecule has 0 unspecified atom stereocenters. The molecular weight excluding hydrogens is 294 g/mol. The number of ether oxygens (including phenoxy) is 3. The van der Waals surface area contributed by atoms with Crippen molar-refractivity contribution < 1.29 is 19.0 Å². The lowest BCUT2D eigenvalue weighted by molar-refractivity contribution is 0.102. The third-order valence-electron chi connectivity index (χ3n) is 3.24. The molecule has 0 aliphatic carbocycles. The monoisotopic (exact) mass is 315 g/mol. The molecule has 0 bridgehead atoms. The summed E-state index contributed by atoms with van der Waals surface area (Å²) >= 11 is 0. The normalized spacial score (nSPS) is 10.0. The van der Waals surface area contributed by atoms with Crippen LogP contribution >= 0.6 is 0 Å². The Morgan fingerprint density at radius 3 is 2.43 bits per heavy atom. The molecule has 0 saturated heterocycles. The number of hydrogen-bond acceptors (Lipinski definition) is 4. The van der Waals surface area contributed by atoms with E-state index in [4.69, 9.17) is 14.2 Å². The number of amides is 1. The van der Waals surface area contributed by atoms with Crippen LogP contribution in [-0.2, 0) is 0 Å². The lowest BCUT2D eigenvalue weighted by Gasteiger charge is -2.13. The Balaban J connectivity index is 2.19. The molecule has 0 fully saturated rings. The molecule has 0 aliphatic heterocycles. The number of benzene rings is 2. The molecule has 23 heavy (non-hydrogen) atoms. The Kier molecular flexibility index (Phi) is 5.86. The Morgan fingerprint density at radius 2 is 1.74 bits per heavy atom. The van der Waals surface area contributed by atoms with Crippen molar-refractivity contribution >= 4 is 11.6 Å². The van der Waals surface area contributed by atoms with Gasteiger partial charge in [0.2, 0.25) is 0 Å². The molecule has 2 rings (SSSR count). The summed E-state index contributed by atoms with van der Waals surface area (Å²) in [6, 6.07) is 12.4. The Hall–Kier alpha value is -2.69. The lowest BCUT2D eigenvalue weighted by Crippen LogP contribution is -2.13. The highest BCUT2D eigenvalue weighted by atomic mass is 16.5. The third kappa shape index (κ3) is 4.16. The van der Waals surface area contributed by atoms with Crippen LogP contribution in [0.25, 0.3) is 0 Å². The average Bonchev–Trinajstić information content (AvgIpc) is 2.60. The van der Waals surface area contributed by atoms with E-state index in [0.717, 1.165) is 6.42 Å². The van der Waals surface area contributed by atoms with Crippen molar-refractivity contribution in [3.8, 4) is 17.2 Å². The molecule has 0 spiro atoms. The quantitative estimate of drug-likeness (QED) is 0.845. The Labute approximate surface area is 136 Å². The van der Waals surface area contributed by atoms with Crippen LogP contribution < -0.4 is 19.5 Å². The first-order valence-electron chi connectivity index (χ1n) is 7.44. The van der Waals surface area contributed by atoms with E-state index in [9.17, 15) is 4.79 Å². The van der Waals surface area contributed by atoms with Crippen LogP contribution in [0.15, 0.2) is 42.5 Å². The maximum atomic E-state index is 12.4. The highest BCUT2D eigenvalue weighted by molar-refractivity contribution is 6.05. The summed E-state index contributed by atoms with van der Waals surface area (Å²) in [4.78, 5) is 12.4. The van der Waals surface area contributed by atoms with Gasteiger partial charge in [-0.1, -0.05) is 19.1 Å². The molecule has 1 N–H and O–H groups in total. The van der Waals surface area contributed by atoms with Crippen molar-refractivity contribution in [2.45, 2.75) is 13.3 Å². The zero-order valence-electron chi connectivity index (χ0n) is 13.6. The molecule has 0 aromatic heterocycles. The van der Waals surface area contributed by atoms with Gasteiger partial charge in [-0.3, -0.25) is 4.79 Å². The van der Waals surface area contributed by atoms with Crippen LogP contribution in [0.5, 0.6) is 17.2 Å². The topological polar surface area (TPSA) is 56.8 Å². The van der Waals surface area contributed by atoms with Gasteiger partial charge in [0.05, 0.1) is 26.5 Å². The van der Waals surface area contributed by atoms with Gasteiger partial charge in [0.15, 0.2) is 11.5 Å². The molecule has 0 saturated carbocycles.